The minimum Gasteiger partial charge on any atom is -0.480 e. The van der Waals surface area contributed by atoms with Crippen molar-refractivity contribution in [2.45, 2.75) is 39.3 Å². The van der Waals surface area contributed by atoms with Gasteiger partial charge < -0.3 is 10.4 Å². The number of nitrogens with zero attached hydrogens (tertiary/aromatic N) is 1. The summed E-state index contributed by atoms with van der Waals surface area (Å²) in [5, 5.41) is 11.6. The van der Waals surface area contributed by atoms with Gasteiger partial charge in [0.1, 0.15) is 6.04 Å². The summed E-state index contributed by atoms with van der Waals surface area (Å²) in [5.41, 5.74) is 1.05. The van der Waals surface area contributed by atoms with E-state index in [-0.39, 0.29) is 37.1 Å². The Kier molecular flexibility index (Phi) is 5.33. The Morgan fingerprint density at radius 1 is 1.12 bits per heavy atom. The van der Waals surface area contributed by atoms with Gasteiger partial charge in [-0.3, -0.25) is 19.3 Å². The van der Waals surface area contributed by atoms with Gasteiger partial charge in [-0.15, -0.1) is 0 Å². The van der Waals surface area contributed by atoms with E-state index in [9.17, 15) is 19.2 Å². The lowest BCUT2D eigenvalue weighted by Gasteiger charge is -2.18. The summed E-state index contributed by atoms with van der Waals surface area (Å²) in [6.45, 7) is 3.61. The fourth-order valence-corrected chi connectivity index (χ4v) is 2.48. The quantitative estimate of drug-likeness (QED) is 0.761. The molecule has 0 bridgehead atoms. The van der Waals surface area contributed by atoms with Crippen LogP contribution in [-0.2, 0) is 20.9 Å². The molecule has 3 amide bonds. The standard InChI is InChI=1S/C17H20N2O5/c1-10(2)15(17(23)24)18-16(22)12-5-3-11(4-6-12)9-19-13(20)7-8-14(19)21/h3-6,10,15H,7-9H2,1-2H3,(H,18,22)(H,23,24)/t15-/m1/s1. The molecule has 1 aromatic rings. The second-order valence-corrected chi connectivity index (χ2v) is 6.10. The summed E-state index contributed by atoms with van der Waals surface area (Å²) >= 11 is 0. The molecule has 0 radical (unpaired) electrons. The predicted molar refractivity (Wildman–Crippen MR) is 85.0 cm³/mol. The number of benzene rings is 1. The summed E-state index contributed by atoms with van der Waals surface area (Å²) in [4.78, 5) is 47.7. The van der Waals surface area contributed by atoms with Gasteiger partial charge in [0.25, 0.3) is 5.91 Å². The first-order valence-corrected chi connectivity index (χ1v) is 7.75. The number of carboxylic acids is 1. The molecule has 1 aliphatic rings. The molecule has 0 unspecified atom stereocenters. The molecule has 1 fully saturated rings. The van der Waals surface area contributed by atoms with Crippen molar-refractivity contribution in [3.05, 3.63) is 35.4 Å². The highest BCUT2D eigenvalue weighted by Gasteiger charge is 2.28. The number of aliphatic carboxylic acids is 1. The molecule has 2 rings (SSSR count). The first-order valence-electron chi connectivity index (χ1n) is 7.75. The second kappa shape index (κ2) is 7.25. The first kappa shape index (κ1) is 17.7. The molecular formula is C17H20N2O5. The number of nitrogens with one attached hydrogen (secondary N) is 1. The molecular weight excluding hydrogens is 312 g/mol. The monoisotopic (exact) mass is 332 g/mol. The van der Waals surface area contributed by atoms with Gasteiger partial charge in [-0.25, -0.2) is 4.79 Å². The molecule has 0 aromatic heterocycles. The van der Waals surface area contributed by atoms with Crippen LogP contribution >= 0.6 is 0 Å². The Balaban J connectivity index is 2.03. The van der Waals surface area contributed by atoms with Gasteiger partial charge >= 0.3 is 5.97 Å². The van der Waals surface area contributed by atoms with Crippen LogP contribution in [0.3, 0.4) is 0 Å². The predicted octanol–water partition coefficient (Wildman–Crippen LogP) is 1.17. The van der Waals surface area contributed by atoms with Crippen molar-refractivity contribution >= 4 is 23.7 Å². The van der Waals surface area contributed by atoms with Gasteiger partial charge in [0, 0.05) is 18.4 Å². The molecule has 7 nitrogen and oxygen atoms in total. The Hall–Kier alpha value is -2.70. The van der Waals surface area contributed by atoms with Crippen LogP contribution in [0.25, 0.3) is 0 Å². The van der Waals surface area contributed by atoms with Gasteiger partial charge in [-0.2, -0.15) is 0 Å². The van der Waals surface area contributed by atoms with Crippen molar-refractivity contribution < 1.29 is 24.3 Å². The van der Waals surface area contributed by atoms with Gasteiger partial charge in [-0.1, -0.05) is 26.0 Å². The fraction of sp³-hybridized carbons (Fsp3) is 0.412. The van der Waals surface area contributed by atoms with Crippen molar-refractivity contribution in [3.8, 4) is 0 Å². The maximum absolute atomic E-state index is 12.1. The van der Waals surface area contributed by atoms with E-state index in [2.05, 4.69) is 5.32 Å². The third-order valence-electron chi connectivity index (χ3n) is 3.93. The highest BCUT2D eigenvalue weighted by Crippen LogP contribution is 2.16. The number of carbonyl (C=O) groups is 4. The van der Waals surface area contributed by atoms with Gasteiger partial charge in [0.2, 0.25) is 11.8 Å². The zero-order valence-corrected chi connectivity index (χ0v) is 13.6. The van der Waals surface area contributed by atoms with Crippen molar-refractivity contribution in [1.82, 2.24) is 10.2 Å². The largest absolute Gasteiger partial charge is 0.480 e. The van der Waals surface area contributed by atoms with Crippen molar-refractivity contribution in [1.29, 1.82) is 0 Å². The van der Waals surface area contributed by atoms with Crippen LogP contribution in [0.5, 0.6) is 0 Å². The van der Waals surface area contributed by atoms with Gasteiger partial charge in [0.15, 0.2) is 0 Å². The topological polar surface area (TPSA) is 104 Å². The summed E-state index contributed by atoms with van der Waals surface area (Å²) < 4.78 is 0. The third-order valence-corrected chi connectivity index (χ3v) is 3.93. The Morgan fingerprint density at radius 2 is 1.67 bits per heavy atom. The minimum atomic E-state index is -1.08. The molecule has 128 valence electrons. The van der Waals surface area contributed by atoms with Crippen LogP contribution in [0.1, 0.15) is 42.6 Å². The van der Waals surface area contributed by atoms with Gasteiger partial charge in [-0.05, 0) is 23.6 Å². The van der Waals surface area contributed by atoms with Crippen LogP contribution < -0.4 is 5.32 Å². The number of rotatable bonds is 6. The van der Waals surface area contributed by atoms with Crippen LogP contribution in [0.4, 0.5) is 0 Å². The lowest BCUT2D eigenvalue weighted by Crippen LogP contribution is -2.44. The zero-order chi connectivity index (χ0) is 17.9. The maximum atomic E-state index is 12.1. The van der Waals surface area contributed by atoms with Gasteiger partial charge in [0.05, 0.1) is 6.54 Å². The lowest BCUT2D eigenvalue weighted by atomic mass is 10.0. The number of carboxylic acid groups (broad SMARTS) is 1. The third kappa shape index (κ3) is 3.98. The molecule has 24 heavy (non-hydrogen) atoms. The van der Waals surface area contributed by atoms with Crippen molar-refractivity contribution in [3.63, 3.8) is 0 Å². The highest BCUT2D eigenvalue weighted by molar-refractivity contribution is 6.01. The van der Waals surface area contributed by atoms with E-state index in [0.29, 0.717) is 5.56 Å². The molecule has 0 spiro atoms. The number of likely N-dealkylation sites (tertiary alicyclic amines) is 1. The second-order valence-electron chi connectivity index (χ2n) is 6.10. The van der Waals surface area contributed by atoms with Crippen molar-refractivity contribution in [2.75, 3.05) is 0 Å². The van der Waals surface area contributed by atoms with Crippen molar-refractivity contribution in [2.24, 2.45) is 5.92 Å². The number of hydrogen-bond donors (Lipinski definition) is 2. The van der Waals surface area contributed by atoms with Crippen LogP contribution in [0.2, 0.25) is 0 Å². The van der Waals surface area contributed by atoms with Crippen LogP contribution in [-0.4, -0.2) is 39.7 Å². The zero-order valence-electron chi connectivity index (χ0n) is 13.6. The fourth-order valence-electron chi connectivity index (χ4n) is 2.48. The highest BCUT2D eigenvalue weighted by atomic mass is 16.4. The minimum absolute atomic E-state index is 0.184. The Morgan fingerprint density at radius 3 is 2.12 bits per heavy atom. The van der Waals surface area contributed by atoms with Crippen LogP contribution in [0, 0.1) is 5.92 Å². The average Bonchev–Trinajstić information content (AvgIpc) is 2.84. The molecule has 0 saturated carbocycles. The summed E-state index contributed by atoms with van der Waals surface area (Å²) in [6, 6.07) is 5.44. The smallest absolute Gasteiger partial charge is 0.326 e. The molecule has 2 N–H and O–H groups in total. The first-order chi connectivity index (χ1) is 11.3. The molecule has 1 atom stereocenters. The van der Waals surface area contributed by atoms with E-state index < -0.39 is 17.9 Å². The van der Waals surface area contributed by atoms with E-state index >= 15 is 0 Å². The van der Waals surface area contributed by atoms with E-state index in [1.54, 1.807) is 38.1 Å². The maximum Gasteiger partial charge on any atom is 0.326 e. The summed E-state index contributed by atoms with van der Waals surface area (Å²) in [7, 11) is 0. The molecule has 1 aliphatic heterocycles. The van der Waals surface area contributed by atoms with E-state index in [1.807, 2.05) is 0 Å². The molecule has 1 heterocycles. The normalized spacial score (nSPS) is 15.7. The average molecular weight is 332 g/mol. The van der Waals surface area contributed by atoms with E-state index in [1.165, 1.54) is 4.90 Å². The summed E-state index contributed by atoms with van der Waals surface area (Å²) in [5.74, 6) is -2.18. The number of hydrogen-bond acceptors (Lipinski definition) is 4. The molecule has 0 aliphatic carbocycles. The number of carbonyl (C=O) groups excluding carboxylic acids is 3. The molecule has 1 saturated heterocycles. The Labute approximate surface area is 139 Å². The number of imide groups is 1. The summed E-state index contributed by atoms with van der Waals surface area (Å²) in [6.07, 6.45) is 0.482. The van der Waals surface area contributed by atoms with E-state index in [4.69, 9.17) is 5.11 Å². The number of amides is 3. The van der Waals surface area contributed by atoms with E-state index in [0.717, 1.165) is 5.56 Å². The molecule has 7 heteroatoms. The van der Waals surface area contributed by atoms with Crippen LogP contribution in [0.15, 0.2) is 24.3 Å². The molecule has 1 aromatic carbocycles. The lowest BCUT2D eigenvalue weighted by molar-refractivity contribution is -0.141. The SMILES string of the molecule is CC(C)[C@@H](NC(=O)c1ccc(CN2C(=O)CCC2=O)cc1)C(=O)O. The Bertz CT molecular complexity index is 650.